The number of aryl methyl sites for hydroxylation is 2. The van der Waals surface area contributed by atoms with Crippen LogP contribution in [0.5, 0.6) is 0 Å². The molecule has 1 aromatic carbocycles. The maximum absolute atomic E-state index is 3.87. The van der Waals surface area contributed by atoms with Crippen LogP contribution in [0, 0.1) is 25.7 Å². The summed E-state index contributed by atoms with van der Waals surface area (Å²) in [4.78, 5) is 0. The van der Waals surface area contributed by atoms with Gasteiger partial charge in [-0.05, 0) is 63.0 Å². The molecule has 1 fully saturated rings. The van der Waals surface area contributed by atoms with E-state index < -0.39 is 0 Å². The Morgan fingerprint density at radius 3 is 2.53 bits per heavy atom. The van der Waals surface area contributed by atoms with Crippen LogP contribution in [-0.4, -0.2) is 6.04 Å². The largest absolute Gasteiger partial charge is 0.307 e. The first-order valence-electron chi connectivity index (χ1n) is 7.80. The lowest BCUT2D eigenvalue weighted by molar-refractivity contribution is 0.216. The van der Waals surface area contributed by atoms with Gasteiger partial charge in [0.1, 0.15) is 0 Å². The third-order valence-electron chi connectivity index (χ3n) is 4.79. The maximum Gasteiger partial charge on any atom is 0.0297 e. The van der Waals surface area contributed by atoms with Crippen molar-refractivity contribution in [3.63, 3.8) is 0 Å². The van der Waals surface area contributed by atoms with Crippen molar-refractivity contribution < 1.29 is 0 Å². The number of hydrogen-bond donors (Lipinski definition) is 1. The molecule has 0 spiro atoms. The van der Waals surface area contributed by atoms with Crippen molar-refractivity contribution in [2.24, 2.45) is 11.8 Å². The zero-order valence-corrected chi connectivity index (χ0v) is 13.2. The zero-order chi connectivity index (χ0) is 14.0. The summed E-state index contributed by atoms with van der Waals surface area (Å²) in [6.07, 6.45) is 4.08. The van der Waals surface area contributed by atoms with E-state index in [1.807, 2.05) is 0 Å². The lowest BCUT2D eigenvalue weighted by Crippen LogP contribution is -2.40. The molecule has 1 saturated carbocycles. The van der Waals surface area contributed by atoms with E-state index in [1.165, 1.54) is 36.0 Å². The Bertz CT molecular complexity index is 424. The van der Waals surface area contributed by atoms with Gasteiger partial charge in [-0.1, -0.05) is 37.6 Å². The summed E-state index contributed by atoms with van der Waals surface area (Å²) in [5.41, 5.74) is 4.22. The molecule has 0 aliphatic heterocycles. The predicted molar refractivity (Wildman–Crippen MR) is 83.4 cm³/mol. The average molecular weight is 259 g/mol. The topological polar surface area (TPSA) is 12.0 Å². The molecule has 0 bridgehead atoms. The van der Waals surface area contributed by atoms with Crippen LogP contribution in [0.3, 0.4) is 0 Å². The third kappa shape index (κ3) is 3.60. The van der Waals surface area contributed by atoms with Crippen LogP contribution in [0.2, 0.25) is 0 Å². The van der Waals surface area contributed by atoms with E-state index in [2.05, 4.69) is 58.1 Å². The number of benzene rings is 1. The minimum absolute atomic E-state index is 0.460. The van der Waals surface area contributed by atoms with Gasteiger partial charge in [-0.2, -0.15) is 0 Å². The SMILES string of the molecule is Cc1ccc(C(C)NC2CCC(C)CC2C)c(C)c1. The van der Waals surface area contributed by atoms with Gasteiger partial charge in [-0.25, -0.2) is 0 Å². The molecule has 0 saturated heterocycles. The minimum Gasteiger partial charge on any atom is -0.307 e. The highest BCUT2D eigenvalue weighted by Crippen LogP contribution is 2.30. The minimum atomic E-state index is 0.460. The molecule has 19 heavy (non-hydrogen) atoms. The zero-order valence-electron chi connectivity index (χ0n) is 13.2. The van der Waals surface area contributed by atoms with Crippen molar-refractivity contribution in [3.8, 4) is 0 Å². The van der Waals surface area contributed by atoms with E-state index >= 15 is 0 Å². The highest BCUT2D eigenvalue weighted by atomic mass is 15.0. The summed E-state index contributed by atoms with van der Waals surface area (Å²) in [6.45, 7) is 11.5. The standard InChI is InChI=1S/C18H29N/c1-12-6-8-17(14(3)10-12)16(5)19-18-9-7-13(2)11-15(18)4/h6,8,10,13,15-16,18-19H,7,9,11H2,1-5H3. The average Bonchev–Trinajstić information content (AvgIpc) is 2.32. The predicted octanol–water partition coefficient (Wildman–Crippen LogP) is 4.78. The molecule has 0 amide bonds. The molecule has 1 aliphatic carbocycles. The molecule has 0 heterocycles. The number of nitrogens with one attached hydrogen (secondary N) is 1. The van der Waals surface area contributed by atoms with Crippen molar-refractivity contribution in [3.05, 3.63) is 34.9 Å². The van der Waals surface area contributed by atoms with Crippen molar-refractivity contribution in [1.82, 2.24) is 5.32 Å². The molecular formula is C18H29N. The van der Waals surface area contributed by atoms with Gasteiger partial charge in [0.25, 0.3) is 0 Å². The second-order valence-corrected chi connectivity index (χ2v) is 6.75. The van der Waals surface area contributed by atoms with Gasteiger partial charge in [-0.15, -0.1) is 0 Å². The smallest absolute Gasteiger partial charge is 0.0297 e. The summed E-state index contributed by atoms with van der Waals surface area (Å²) in [5, 5.41) is 3.87. The molecule has 106 valence electrons. The van der Waals surface area contributed by atoms with Gasteiger partial charge < -0.3 is 5.32 Å². The van der Waals surface area contributed by atoms with Crippen LogP contribution >= 0.6 is 0 Å². The first kappa shape index (κ1) is 14.6. The van der Waals surface area contributed by atoms with Crippen molar-refractivity contribution in [1.29, 1.82) is 0 Å². The molecular weight excluding hydrogens is 230 g/mol. The molecule has 2 rings (SSSR count). The van der Waals surface area contributed by atoms with Crippen LogP contribution in [0.1, 0.15) is 62.8 Å². The Balaban J connectivity index is 2.02. The van der Waals surface area contributed by atoms with Gasteiger partial charge in [0.05, 0.1) is 0 Å². The first-order valence-corrected chi connectivity index (χ1v) is 7.80. The summed E-state index contributed by atoms with van der Waals surface area (Å²) >= 11 is 0. The molecule has 1 aliphatic rings. The Labute approximate surface area is 118 Å². The maximum atomic E-state index is 3.87. The Morgan fingerprint density at radius 2 is 1.89 bits per heavy atom. The Hall–Kier alpha value is -0.820. The Morgan fingerprint density at radius 1 is 1.16 bits per heavy atom. The lowest BCUT2D eigenvalue weighted by atomic mass is 9.79. The number of hydrogen-bond acceptors (Lipinski definition) is 1. The molecule has 4 atom stereocenters. The third-order valence-corrected chi connectivity index (χ3v) is 4.79. The fourth-order valence-electron chi connectivity index (χ4n) is 3.64. The van der Waals surface area contributed by atoms with Crippen molar-refractivity contribution in [2.45, 2.75) is 66.0 Å². The van der Waals surface area contributed by atoms with Gasteiger partial charge >= 0.3 is 0 Å². The van der Waals surface area contributed by atoms with Crippen LogP contribution in [0.25, 0.3) is 0 Å². The van der Waals surface area contributed by atoms with E-state index in [0.717, 1.165) is 11.8 Å². The Kier molecular flexibility index (Phi) is 4.67. The van der Waals surface area contributed by atoms with E-state index in [-0.39, 0.29) is 0 Å². The number of rotatable bonds is 3. The van der Waals surface area contributed by atoms with Crippen LogP contribution in [-0.2, 0) is 0 Å². The molecule has 4 unspecified atom stereocenters. The summed E-state index contributed by atoms with van der Waals surface area (Å²) < 4.78 is 0. The van der Waals surface area contributed by atoms with E-state index in [4.69, 9.17) is 0 Å². The van der Waals surface area contributed by atoms with Gasteiger partial charge in [0.15, 0.2) is 0 Å². The molecule has 0 aromatic heterocycles. The van der Waals surface area contributed by atoms with Gasteiger partial charge in [-0.3, -0.25) is 0 Å². The highest BCUT2D eigenvalue weighted by molar-refractivity contribution is 5.32. The summed E-state index contributed by atoms with van der Waals surface area (Å²) in [7, 11) is 0. The van der Waals surface area contributed by atoms with E-state index in [0.29, 0.717) is 12.1 Å². The van der Waals surface area contributed by atoms with E-state index in [1.54, 1.807) is 0 Å². The molecule has 1 heteroatoms. The van der Waals surface area contributed by atoms with Crippen molar-refractivity contribution in [2.75, 3.05) is 0 Å². The molecule has 1 aromatic rings. The quantitative estimate of drug-likeness (QED) is 0.824. The molecule has 1 N–H and O–H groups in total. The normalized spacial score (nSPS) is 29.2. The van der Waals surface area contributed by atoms with E-state index in [9.17, 15) is 0 Å². The fourth-order valence-corrected chi connectivity index (χ4v) is 3.64. The van der Waals surface area contributed by atoms with Crippen LogP contribution in [0.15, 0.2) is 18.2 Å². The summed E-state index contributed by atoms with van der Waals surface area (Å²) in [5.74, 6) is 1.71. The fraction of sp³-hybridized carbons (Fsp3) is 0.667. The monoisotopic (exact) mass is 259 g/mol. The molecule has 1 nitrogen and oxygen atoms in total. The highest BCUT2D eigenvalue weighted by Gasteiger charge is 2.26. The lowest BCUT2D eigenvalue weighted by Gasteiger charge is -2.35. The molecule has 0 radical (unpaired) electrons. The van der Waals surface area contributed by atoms with Crippen molar-refractivity contribution >= 4 is 0 Å². The van der Waals surface area contributed by atoms with Crippen LogP contribution in [0.4, 0.5) is 0 Å². The first-order chi connectivity index (χ1) is 8.97. The van der Waals surface area contributed by atoms with Crippen LogP contribution < -0.4 is 5.32 Å². The summed E-state index contributed by atoms with van der Waals surface area (Å²) in [6, 6.07) is 7.96. The second kappa shape index (κ2) is 6.09. The second-order valence-electron chi connectivity index (χ2n) is 6.75. The van der Waals surface area contributed by atoms with Gasteiger partial charge in [0.2, 0.25) is 0 Å². The van der Waals surface area contributed by atoms with Gasteiger partial charge in [0, 0.05) is 12.1 Å².